The molecule has 0 aliphatic carbocycles. The summed E-state index contributed by atoms with van der Waals surface area (Å²) in [6.07, 6.45) is 2.27. The van der Waals surface area contributed by atoms with Gasteiger partial charge >= 0.3 is 0 Å². The predicted octanol–water partition coefficient (Wildman–Crippen LogP) is 4.47. The van der Waals surface area contributed by atoms with E-state index in [1.807, 2.05) is 11.8 Å². The topological polar surface area (TPSA) is 0 Å². The lowest BCUT2D eigenvalue weighted by atomic mass is 10.4. The smallest absolute Gasteiger partial charge is 0.141 e. The number of benzene rings is 6. The monoisotopic (exact) mass is 632 g/mol. The van der Waals surface area contributed by atoms with Gasteiger partial charge in [-0.15, -0.1) is 0 Å². The Morgan fingerprint density at radius 3 is 0.953 bits per heavy atom. The maximum atomic E-state index is 2.38. The standard InChI is InChI=1S/C39H35P2S.ClH/c1-42-32-39(40(33-20-8-2-9-21-33,34-22-10-3-11-23-34)35-24-12-4-13-25-35)41(36-26-14-5-15-27-36,37-28-16-6-17-29-37)38-30-18-7-19-31-38;/h2-31H,32H2,1H3;1H/q+1;/p-1. The van der Waals surface area contributed by atoms with Gasteiger partial charge in [0, 0.05) is 6.89 Å². The van der Waals surface area contributed by atoms with E-state index in [1.165, 1.54) is 31.8 Å². The minimum Gasteiger partial charge on any atom is -1.00 e. The normalized spacial score (nSPS) is 11.4. The molecule has 0 spiro atoms. The van der Waals surface area contributed by atoms with E-state index in [1.54, 1.807) is 5.03 Å². The highest BCUT2D eigenvalue weighted by atomic mass is 35.5. The lowest BCUT2D eigenvalue weighted by molar-refractivity contribution is -0.00000791. The van der Waals surface area contributed by atoms with Crippen molar-refractivity contribution in [3.05, 3.63) is 182 Å². The van der Waals surface area contributed by atoms with Crippen LogP contribution in [0.2, 0.25) is 0 Å². The molecule has 0 aromatic heterocycles. The molecule has 0 aliphatic rings. The van der Waals surface area contributed by atoms with Crippen LogP contribution in [0.5, 0.6) is 0 Å². The molecule has 0 amide bonds. The van der Waals surface area contributed by atoms with Crippen molar-refractivity contribution in [3.8, 4) is 0 Å². The van der Waals surface area contributed by atoms with Crippen LogP contribution in [-0.4, -0.2) is 17.0 Å². The zero-order chi connectivity index (χ0) is 28.7. The minimum absolute atomic E-state index is 0. The molecule has 4 heteroatoms. The van der Waals surface area contributed by atoms with Gasteiger partial charge in [0.1, 0.15) is 28.2 Å². The zero-order valence-corrected chi connectivity index (χ0v) is 27.6. The van der Waals surface area contributed by atoms with Gasteiger partial charge in [-0.25, -0.2) is 0 Å². The van der Waals surface area contributed by atoms with Crippen molar-refractivity contribution in [2.75, 3.05) is 12.0 Å². The lowest BCUT2D eigenvalue weighted by Crippen LogP contribution is -3.00. The van der Waals surface area contributed by atoms with E-state index in [9.17, 15) is 0 Å². The van der Waals surface area contributed by atoms with Crippen molar-refractivity contribution in [1.82, 2.24) is 0 Å². The molecule has 0 fully saturated rings. The number of halogens is 1. The highest BCUT2D eigenvalue weighted by Gasteiger charge is 2.53. The van der Waals surface area contributed by atoms with Crippen LogP contribution in [0, 0.1) is 0 Å². The number of hydrogen-bond donors (Lipinski definition) is 0. The average molecular weight is 633 g/mol. The summed E-state index contributed by atoms with van der Waals surface area (Å²) in [6, 6.07) is 68.1. The van der Waals surface area contributed by atoms with Crippen LogP contribution in [-0.2, 0) is 0 Å². The average Bonchev–Trinajstić information content (AvgIpc) is 3.08. The molecule has 6 rings (SSSR count). The van der Waals surface area contributed by atoms with Gasteiger partial charge in [-0.1, -0.05) is 146 Å². The highest BCUT2D eigenvalue weighted by molar-refractivity contribution is 8.22. The van der Waals surface area contributed by atoms with E-state index in [4.69, 9.17) is 0 Å². The number of rotatable bonds is 9. The van der Waals surface area contributed by atoms with Crippen molar-refractivity contribution >= 4 is 62.8 Å². The Morgan fingerprint density at radius 1 is 0.442 bits per heavy atom. The van der Waals surface area contributed by atoms with Crippen LogP contribution in [0.1, 0.15) is 0 Å². The molecule has 0 N–H and O–H groups in total. The van der Waals surface area contributed by atoms with Gasteiger partial charge in [-0.05, 0) is 58.6 Å². The Hall–Kier alpha value is -3.31. The summed E-state index contributed by atoms with van der Waals surface area (Å²) in [4.78, 5) is 0. The van der Waals surface area contributed by atoms with Crippen molar-refractivity contribution < 1.29 is 12.4 Å². The molecular weight excluding hydrogens is 598 g/mol. The van der Waals surface area contributed by atoms with Crippen LogP contribution < -0.4 is 44.2 Å². The lowest BCUT2D eigenvalue weighted by Gasteiger charge is -2.38. The first-order valence-electron chi connectivity index (χ1n) is 14.3. The third-order valence-corrected chi connectivity index (χ3v) is 19.0. The quantitative estimate of drug-likeness (QED) is 0.212. The molecule has 0 radical (unpaired) electrons. The second-order valence-electron chi connectivity index (χ2n) is 10.2. The Kier molecular flexibility index (Phi) is 10.5. The molecule has 0 unspecified atom stereocenters. The van der Waals surface area contributed by atoms with E-state index < -0.39 is 14.1 Å². The Morgan fingerprint density at radius 2 is 0.698 bits per heavy atom. The van der Waals surface area contributed by atoms with Gasteiger partial charge in [-0.2, -0.15) is 11.8 Å². The first-order valence-corrected chi connectivity index (χ1v) is 19.3. The fourth-order valence-electron chi connectivity index (χ4n) is 6.25. The Labute approximate surface area is 268 Å². The minimum atomic E-state index is -2.35. The van der Waals surface area contributed by atoms with Crippen LogP contribution in [0.25, 0.3) is 0 Å². The molecular formula is C39H35ClP2S. The molecule has 43 heavy (non-hydrogen) atoms. The third kappa shape index (κ3) is 5.69. The Bertz CT molecular complexity index is 1560. The Balaban J connectivity index is 0.00000368. The molecule has 0 aliphatic heterocycles. The van der Waals surface area contributed by atoms with Gasteiger partial charge in [0.2, 0.25) is 0 Å². The maximum Gasteiger partial charge on any atom is 0.141 e. The van der Waals surface area contributed by atoms with Crippen LogP contribution in [0.15, 0.2) is 182 Å². The van der Waals surface area contributed by atoms with E-state index in [-0.39, 0.29) is 12.4 Å². The van der Waals surface area contributed by atoms with E-state index >= 15 is 0 Å². The van der Waals surface area contributed by atoms with Gasteiger partial charge in [0.05, 0.1) is 5.75 Å². The predicted molar refractivity (Wildman–Crippen MR) is 194 cm³/mol. The van der Waals surface area contributed by atoms with E-state index in [2.05, 4.69) is 188 Å². The van der Waals surface area contributed by atoms with Gasteiger partial charge in [0.25, 0.3) is 0 Å². The van der Waals surface area contributed by atoms with Crippen LogP contribution in [0.4, 0.5) is 0 Å². The SMILES string of the molecule is CSCC(=P(c1ccccc1)(c1ccccc1)c1ccccc1)[P+](c1ccccc1)(c1ccccc1)c1ccccc1.[Cl-]. The number of thioether (sulfide) groups is 1. The van der Waals surface area contributed by atoms with Crippen molar-refractivity contribution in [2.24, 2.45) is 0 Å². The molecule has 214 valence electrons. The van der Waals surface area contributed by atoms with Crippen LogP contribution >= 0.6 is 25.9 Å². The zero-order valence-electron chi connectivity index (χ0n) is 24.2. The fraction of sp³-hybridized carbons (Fsp3) is 0.0513. The molecule has 0 atom stereocenters. The molecule has 6 aromatic rings. The molecule has 0 nitrogen and oxygen atoms in total. The fourth-order valence-corrected chi connectivity index (χ4v) is 20.0. The second kappa shape index (κ2) is 14.4. The summed E-state index contributed by atoms with van der Waals surface area (Å²) in [7, 11) is -2.35. The van der Waals surface area contributed by atoms with Gasteiger partial charge in [0.15, 0.2) is 0 Å². The van der Waals surface area contributed by atoms with Crippen molar-refractivity contribution in [1.29, 1.82) is 0 Å². The summed E-state index contributed by atoms with van der Waals surface area (Å²) < 4.78 is 0. The van der Waals surface area contributed by atoms with Crippen molar-refractivity contribution in [3.63, 3.8) is 0 Å². The van der Waals surface area contributed by atoms with Gasteiger partial charge < -0.3 is 12.4 Å². The summed E-state index contributed by atoms with van der Waals surface area (Å²) in [6.45, 7) is -2.35. The number of hydrogen-bond acceptors (Lipinski definition) is 1. The molecule has 6 aromatic carbocycles. The van der Waals surface area contributed by atoms with Gasteiger partial charge in [-0.3, -0.25) is 0 Å². The van der Waals surface area contributed by atoms with E-state index in [0.717, 1.165) is 5.75 Å². The molecule has 0 saturated heterocycles. The second-order valence-corrected chi connectivity index (χ2v) is 18.3. The summed E-state index contributed by atoms with van der Waals surface area (Å²) in [5.74, 6) is 0.943. The summed E-state index contributed by atoms with van der Waals surface area (Å²) in [5.41, 5.74) is 0. The largest absolute Gasteiger partial charge is 1.00 e. The third-order valence-electron chi connectivity index (χ3n) is 7.91. The summed E-state index contributed by atoms with van der Waals surface area (Å²) in [5, 5.41) is 10.0. The molecule has 0 bridgehead atoms. The molecule has 0 heterocycles. The van der Waals surface area contributed by atoms with Crippen molar-refractivity contribution in [2.45, 2.75) is 0 Å². The first kappa shape index (κ1) is 31.1. The highest BCUT2D eigenvalue weighted by Crippen LogP contribution is 2.65. The molecule has 0 saturated carbocycles. The van der Waals surface area contributed by atoms with E-state index in [0.29, 0.717) is 0 Å². The first-order chi connectivity index (χ1) is 20.8. The maximum absolute atomic E-state index is 2.38. The van der Waals surface area contributed by atoms with Crippen LogP contribution in [0.3, 0.4) is 0 Å². The summed E-state index contributed by atoms with van der Waals surface area (Å²) >= 11 is 1.95.